The van der Waals surface area contributed by atoms with Gasteiger partial charge in [0.2, 0.25) is 0 Å². The number of anilines is 1. The highest BCUT2D eigenvalue weighted by molar-refractivity contribution is 7.99. The molecule has 1 aromatic heterocycles. The normalized spacial score (nSPS) is 24.3. The Morgan fingerprint density at radius 2 is 2.04 bits per heavy atom. The molecule has 27 heavy (non-hydrogen) atoms. The fourth-order valence-corrected chi connectivity index (χ4v) is 5.66. The van der Waals surface area contributed by atoms with Gasteiger partial charge in [-0.05, 0) is 49.8 Å². The van der Waals surface area contributed by atoms with Crippen LogP contribution >= 0.6 is 35.0 Å². The molecule has 1 saturated heterocycles. The summed E-state index contributed by atoms with van der Waals surface area (Å²) in [6.07, 6.45) is 2.20. The number of carbonyl (C=O) groups is 1. The molecule has 1 saturated carbocycles. The topological polar surface area (TPSA) is 71.1 Å². The molecule has 2 aliphatic rings. The summed E-state index contributed by atoms with van der Waals surface area (Å²) < 4.78 is 5.06. The van der Waals surface area contributed by atoms with E-state index in [0.29, 0.717) is 44.5 Å². The molecule has 1 aliphatic heterocycles. The van der Waals surface area contributed by atoms with Gasteiger partial charge in [-0.1, -0.05) is 40.2 Å². The Labute approximate surface area is 171 Å². The maximum absolute atomic E-state index is 12.0. The van der Waals surface area contributed by atoms with E-state index < -0.39 is 5.97 Å². The summed E-state index contributed by atoms with van der Waals surface area (Å²) in [4.78, 5) is 14.4. The van der Waals surface area contributed by atoms with Gasteiger partial charge in [0.05, 0.1) is 16.7 Å². The lowest BCUT2D eigenvalue weighted by Gasteiger charge is -2.21. The van der Waals surface area contributed by atoms with Gasteiger partial charge in [0, 0.05) is 24.0 Å². The third kappa shape index (κ3) is 3.91. The fraction of sp³-hybridized carbons (Fsp3) is 0.500. The Bertz CT molecular complexity index is 833. The number of thioether (sulfide) groups is 1. The van der Waals surface area contributed by atoms with E-state index in [1.54, 1.807) is 18.7 Å². The number of halogens is 2. The molecule has 9 heteroatoms. The van der Waals surface area contributed by atoms with Crippen molar-refractivity contribution >= 4 is 46.6 Å². The average molecular weight is 427 g/mol. The number of H-pyrrole nitrogens is 1. The molecule has 2 fully saturated rings. The van der Waals surface area contributed by atoms with Gasteiger partial charge in [-0.3, -0.25) is 5.10 Å². The van der Waals surface area contributed by atoms with Gasteiger partial charge in [0.25, 0.3) is 0 Å². The van der Waals surface area contributed by atoms with Gasteiger partial charge in [-0.2, -0.15) is 0 Å². The number of benzene rings is 1. The van der Waals surface area contributed by atoms with Crippen molar-refractivity contribution in [2.75, 3.05) is 24.6 Å². The molecule has 0 bridgehead atoms. The van der Waals surface area contributed by atoms with Crippen LogP contribution in [0.3, 0.4) is 0 Å². The first-order chi connectivity index (χ1) is 13.0. The van der Waals surface area contributed by atoms with Crippen LogP contribution in [-0.4, -0.2) is 46.3 Å². The first kappa shape index (κ1) is 18.9. The van der Waals surface area contributed by atoms with Crippen molar-refractivity contribution in [3.63, 3.8) is 0 Å². The monoisotopic (exact) mass is 426 g/mol. The lowest BCUT2D eigenvalue weighted by atomic mass is 10.0. The molecule has 144 valence electrons. The summed E-state index contributed by atoms with van der Waals surface area (Å²) in [5, 5.41) is 12.8. The molecule has 6 nitrogen and oxygen atoms in total. The SMILES string of the molecule is CCOC(=O)c1[nH]nnc1S[C@@H]1CC2CN(c3ccc(Cl)c(Cl)c3)C[C@H]2C1. The van der Waals surface area contributed by atoms with Crippen LogP contribution < -0.4 is 4.90 Å². The van der Waals surface area contributed by atoms with E-state index in [1.807, 2.05) is 18.2 Å². The van der Waals surface area contributed by atoms with E-state index in [1.165, 1.54) is 0 Å². The van der Waals surface area contributed by atoms with Crippen molar-refractivity contribution in [1.29, 1.82) is 0 Å². The summed E-state index contributed by atoms with van der Waals surface area (Å²) in [5.41, 5.74) is 1.49. The molecular formula is C18H20Cl2N4O2S. The summed E-state index contributed by atoms with van der Waals surface area (Å²) in [5.74, 6) is 0.874. The first-order valence-electron chi connectivity index (χ1n) is 9.00. The second-order valence-electron chi connectivity index (χ2n) is 6.95. The fourth-order valence-electron chi connectivity index (χ4n) is 4.03. The number of hydrogen-bond donors (Lipinski definition) is 1. The van der Waals surface area contributed by atoms with E-state index in [2.05, 4.69) is 20.3 Å². The van der Waals surface area contributed by atoms with Crippen molar-refractivity contribution in [1.82, 2.24) is 15.4 Å². The smallest absolute Gasteiger partial charge is 0.359 e. The molecule has 3 atom stereocenters. The number of carbonyl (C=O) groups excluding carboxylic acids is 1. The van der Waals surface area contributed by atoms with Gasteiger partial charge in [-0.15, -0.1) is 5.10 Å². The molecule has 0 spiro atoms. The van der Waals surface area contributed by atoms with Crippen LogP contribution in [0.5, 0.6) is 0 Å². The van der Waals surface area contributed by atoms with E-state index in [0.717, 1.165) is 31.6 Å². The summed E-state index contributed by atoms with van der Waals surface area (Å²) in [6.45, 7) is 4.15. The largest absolute Gasteiger partial charge is 0.461 e. The van der Waals surface area contributed by atoms with E-state index >= 15 is 0 Å². The molecular weight excluding hydrogens is 407 g/mol. The van der Waals surface area contributed by atoms with Gasteiger partial charge in [-0.25, -0.2) is 4.79 Å². The van der Waals surface area contributed by atoms with Crippen molar-refractivity contribution in [2.24, 2.45) is 11.8 Å². The number of aromatic nitrogens is 3. The standard InChI is InChI=1S/C18H20Cl2N4O2S/c1-2-26-18(25)16-17(22-23-21-16)27-13-5-10-8-24(9-11(10)6-13)12-3-4-14(19)15(20)7-12/h3-4,7,10-11,13H,2,5-6,8-9H2,1H3,(H,21,22,23)/t10-,11?,13+/m1/s1. The maximum Gasteiger partial charge on any atom is 0.359 e. The second kappa shape index (κ2) is 7.89. The number of hydrogen-bond acceptors (Lipinski definition) is 6. The minimum Gasteiger partial charge on any atom is -0.461 e. The van der Waals surface area contributed by atoms with Crippen LogP contribution in [0, 0.1) is 11.8 Å². The highest BCUT2D eigenvalue weighted by Gasteiger charge is 2.42. The van der Waals surface area contributed by atoms with Crippen LogP contribution in [0.15, 0.2) is 23.2 Å². The number of fused-ring (bicyclic) bond motifs is 1. The molecule has 1 unspecified atom stereocenters. The van der Waals surface area contributed by atoms with Crippen LogP contribution in [0.25, 0.3) is 0 Å². The number of rotatable bonds is 5. The molecule has 1 aliphatic carbocycles. The number of nitrogens with zero attached hydrogens (tertiary/aromatic N) is 3. The Hall–Kier alpha value is -1.44. The lowest BCUT2D eigenvalue weighted by Crippen LogP contribution is -2.22. The summed E-state index contributed by atoms with van der Waals surface area (Å²) in [7, 11) is 0. The lowest BCUT2D eigenvalue weighted by molar-refractivity contribution is 0.0515. The molecule has 0 amide bonds. The van der Waals surface area contributed by atoms with Gasteiger partial charge < -0.3 is 9.64 Å². The Kier molecular flexibility index (Phi) is 5.53. The molecule has 4 rings (SSSR count). The minimum absolute atomic E-state index is 0.333. The zero-order valence-electron chi connectivity index (χ0n) is 14.8. The predicted molar refractivity (Wildman–Crippen MR) is 107 cm³/mol. The molecule has 2 heterocycles. The molecule has 2 aromatic rings. The quantitative estimate of drug-likeness (QED) is 0.718. The average Bonchev–Trinajstić information content (AvgIpc) is 3.32. The van der Waals surface area contributed by atoms with Crippen molar-refractivity contribution in [2.45, 2.75) is 30.0 Å². The predicted octanol–water partition coefficient (Wildman–Crippen LogP) is 4.30. The Balaban J connectivity index is 1.37. The number of esters is 1. The highest BCUT2D eigenvalue weighted by Crippen LogP contribution is 2.46. The second-order valence-corrected chi connectivity index (χ2v) is 9.05. The minimum atomic E-state index is -0.394. The van der Waals surface area contributed by atoms with Crippen molar-refractivity contribution in [3.05, 3.63) is 33.9 Å². The van der Waals surface area contributed by atoms with Crippen LogP contribution in [0.1, 0.15) is 30.3 Å². The van der Waals surface area contributed by atoms with Crippen LogP contribution in [0.4, 0.5) is 5.69 Å². The Morgan fingerprint density at radius 3 is 2.70 bits per heavy atom. The zero-order chi connectivity index (χ0) is 19.0. The van der Waals surface area contributed by atoms with Crippen molar-refractivity contribution < 1.29 is 9.53 Å². The molecule has 1 aromatic carbocycles. The number of ether oxygens (including phenoxy) is 1. The van der Waals surface area contributed by atoms with E-state index in [4.69, 9.17) is 27.9 Å². The summed E-state index contributed by atoms with van der Waals surface area (Å²) >= 11 is 13.8. The maximum atomic E-state index is 12.0. The van der Waals surface area contributed by atoms with Gasteiger partial charge >= 0.3 is 5.97 Å². The summed E-state index contributed by atoms with van der Waals surface area (Å²) in [6, 6.07) is 5.83. The molecule has 0 radical (unpaired) electrons. The van der Waals surface area contributed by atoms with Gasteiger partial charge in [0.15, 0.2) is 10.7 Å². The third-order valence-corrected chi connectivity index (χ3v) is 7.22. The van der Waals surface area contributed by atoms with Crippen LogP contribution in [0.2, 0.25) is 10.0 Å². The van der Waals surface area contributed by atoms with Crippen molar-refractivity contribution in [3.8, 4) is 0 Å². The zero-order valence-corrected chi connectivity index (χ0v) is 17.2. The first-order valence-corrected chi connectivity index (χ1v) is 10.6. The molecule has 1 N–H and O–H groups in total. The van der Waals surface area contributed by atoms with Crippen LogP contribution in [-0.2, 0) is 4.74 Å². The Morgan fingerprint density at radius 1 is 1.30 bits per heavy atom. The highest BCUT2D eigenvalue weighted by atomic mass is 35.5. The number of aromatic amines is 1. The number of nitrogens with one attached hydrogen (secondary N) is 1. The third-order valence-electron chi connectivity index (χ3n) is 5.25. The van der Waals surface area contributed by atoms with E-state index in [9.17, 15) is 4.79 Å². The van der Waals surface area contributed by atoms with E-state index in [-0.39, 0.29) is 0 Å². The van der Waals surface area contributed by atoms with Gasteiger partial charge in [0.1, 0.15) is 0 Å².